The van der Waals surface area contributed by atoms with Crippen LogP contribution in [0.25, 0.3) is 11.1 Å². The van der Waals surface area contributed by atoms with Crippen molar-refractivity contribution in [3.05, 3.63) is 48.0 Å². The molecular weight excluding hydrogens is 464 g/mol. The Hall–Kier alpha value is -2.58. The zero-order valence-electron chi connectivity index (χ0n) is 18.9. The molecule has 3 aromatic rings. The highest BCUT2D eigenvalue weighted by atomic mass is 35.5. The van der Waals surface area contributed by atoms with Gasteiger partial charge in [0.15, 0.2) is 23.0 Å². The van der Waals surface area contributed by atoms with Crippen molar-refractivity contribution in [3.63, 3.8) is 0 Å². The van der Waals surface area contributed by atoms with Gasteiger partial charge in [-0.2, -0.15) is 4.98 Å². The predicted molar refractivity (Wildman–Crippen MR) is 129 cm³/mol. The van der Waals surface area contributed by atoms with Crippen LogP contribution in [0.5, 0.6) is 11.5 Å². The summed E-state index contributed by atoms with van der Waals surface area (Å²) in [7, 11) is 0. The lowest BCUT2D eigenvalue weighted by Crippen LogP contribution is -2.27. The Labute approximate surface area is 203 Å². The minimum atomic E-state index is -0.663. The SMILES string of the molecule is Cl.Fc1cccc(F)c1OCC1CCC(Oc2ccc3nc(NC[C@H]4CCNC4)oc3c2)CC1. The van der Waals surface area contributed by atoms with Crippen LogP contribution < -0.4 is 20.1 Å². The van der Waals surface area contributed by atoms with Gasteiger partial charge >= 0.3 is 0 Å². The van der Waals surface area contributed by atoms with Crippen LogP contribution in [0.1, 0.15) is 32.1 Å². The quantitative estimate of drug-likeness (QED) is 0.428. The molecule has 6 nitrogen and oxygen atoms in total. The maximum atomic E-state index is 13.7. The molecule has 0 radical (unpaired) electrons. The molecule has 0 amide bonds. The van der Waals surface area contributed by atoms with Crippen molar-refractivity contribution >= 4 is 29.5 Å². The van der Waals surface area contributed by atoms with Gasteiger partial charge in [-0.1, -0.05) is 6.07 Å². The summed E-state index contributed by atoms with van der Waals surface area (Å²) >= 11 is 0. The standard InChI is InChI=1S/C25H29F2N3O3.ClH/c26-20-2-1-3-21(27)24(20)31-15-16-4-6-18(7-5-16)32-19-8-9-22-23(12-19)33-25(30-22)29-14-17-10-11-28-13-17;/h1-3,8-9,12,16-18,28H,4-7,10-11,13-15H2,(H,29,30);1H/t16?,17-,18?;/m0./s1. The van der Waals surface area contributed by atoms with Gasteiger partial charge in [0.05, 0.1) is 12.7 Å². The molecule has 2 fully saturated rings. The number of ether oxygens (including phenoxy) is 2. The van der Waals surface area contributed by atoms with Gasteiger partial charge in [0, 0.05) is 12.6 Å². The maximum absolute atomic E-state index is 13.7. The molecule has 0 unspecified atom stereocenters. The van der Waals surface area contributed by atoms with Gasteiger partial charge in [0.2, 0.25) is 0 Å². The number of rotatable bonds is 8. The third-order valence-corrected chi connectivity index (χ3v) is 6.54. The molecule has 1 aliphatic heterocycles. The summed E-state index contributed by atoms with van der Waals surface area (Å²) in [5.41, 5.74) is 1.50. The molecule has 0 bridgehead atoms. The smallest absolute Gasteiger partial charge is 0.295 e. The van der Waals surface area contributed by atoms with E-state index >= 15 is 0 Å². The monoisotopic (exact) mass is 493 g/mol. The number of hydrogen-bond acceptors (Lipinski definition) is 6. The number of hydrogen-bond donors (Lipinski definition) is 2. The second kappa shape index (κ2) is 11.2. The molecule has 1 aliphatic carbocycles. The van der Waals surface area contributed by atoms with Crippen molar-refractivity contribution in [1.82, 2.24) is 10.3 Å². The van der Waals surface area contributed by atoms with Crippen LogP contribution in [-0.2, 0) is 0 Å². The van der Waals surface area contributed by atoms with Gasteiger partial charge < -0.3 is 24.5 Å². The van der Waals surface area contributed by atoms with Gasteiger partial charge in [0.25, 0.3) is 6.01 Å². The number of para-hydroxylation sites is 1. The summed E-state index contributed by atoms with van der Waals surface area (Å²) in [6, 6.07) is 10.0. The van der Waals surface area contributed by atoms with E-state index in [1.807, 2.05) is 18.2 Å². The van der Waals surface area contributed by atoms with Crippen molar-refractivity contribution in [2.45, 2.75) is 38.2 Å². The molecule has 2 aromatic carbocycles. The van der Waals surface area contributed by atoms with Gasteiger partial charge in [0.1, 0.15) is 11.3 Å². The Morgan fingerprint density at radius 2 is 1.82 bits per heavy atom. The number of oxazole rings is 1. The molecule has 2 N–H and O–H groups in total. The maximum Gasteiger partial charge on any atom is 0.295 e. The molecule has 1 atom stereocenters. The molecule has 34 heavy (non-hydrogen) atoms. The molecule has 2 aliphatic rings. The highest BCUT2D eigenvalue weighted by Crippen LogP contribution is 2.31. The van der Waals surface area contributed by atoms with Crippen LogP contribution in [-0.4, -0.2) is 37.3 Å². The van der Waals surface area contributed by atoms with E-state index in [9.17, 15) is 8.78 Å². The Kier molecular flexibility index (Phi) is 8.11. The largest absolute Gasteiger partial charge is 0.490 e. The number of aromatic nitrogens is 1. The first kappa shape index (κ1) is 24.5. The lowest BCUT2D eigenvalue weighted by atomic mass is 9.88. The van der Waals surface area contributed by atoms with Gasteiger partial charge in [-0.25, -0.2) is 8.78 Å². The van der Waals surface area contributed by atoms with Crippen LogP contribution in [0, 0.1) is 23.5 Å². The second-order valence-electron chi connectivity index (χ2n) is 9.01. The van der Waals surface area contributed by atoms with Crippen LogP contribution in [0.3, 0.4) is 0 Å². The number of anilines is 1. The van der Waals surface area contributed by atoms with E-state index in [2.05, 4.69) is 15.6 Å². The number of fused-ring (bicyclic) bond motifs is 1. The molecule has 0 spiro atoms. The average molecular weight is 494 g/mol. The van der Waals surface area contributed by atoms with Crippen LogP contribution in [0.2, 0.25) is 0 Å². The molecular formula is C25H30ClF2N3O3. The first-order valence-electron chi connectivity index (χ1n) is 11.7. The van der Waals surface area contributed by atoms with Crippen molar-refractivity contribution < 1.29 is 22.7 Å². The van der Waals surface area contributed by atoms with Crippen LogP contribution in [0.15, 0.2) is 40.8 Å². The van der Waals surface area contributed by atoms with Crippen LogP contribution >= 0.6 is 12.4 Å². The summed E-state index contributed by atoms with van der Waals surface area (Å²) in [6.45, 7) is 3.25. The lowest BCUT2D eigenvalue weighted by molar-refractivity contribution is 0.107. The van der Waals surface area contributed by atoms with E-state index < -0.39 is 11.6 Å². The average Bonchev–Trinajstić information content (AvgIpc) is 3.48. The molecule has 1 saturated carbocycles. The fourth-order valence-electron chi connectivity index (χ4n) is 4.60. The Balaban J connectivity index is 0.00000274. The molecule has 1 aromatic heterocycles. The number of benzene rings is 2. The first-order valence-corrected chi connectivity index (χ1v) is 11.7. The minimum absolute atomic E-state index is 0. The number of nitrogens with one attached hydrogen (secondary N) is 2. The summed E-state index contributed by atoms with van der Waals surface area (Å²) < 4.78 is 45.0. The molecule has 2 heterocycles. The summed E-state index contributed by atoms with van der Waals surface area (Å²) in [5.74, 6) is 0.00488. The topological polar surface area (TPSA) is 68.6 Å². The highest BCUT2D eigenvalue weighted by molar-refractivity contribution is 5.85. The lowest BCUT2D eigenvalue weighted by Gasteiger charge is -2.29. The van der Waals surface area contributed by atoms with E-state index in [4.69, 9.17) is 13.9 Å². The third kappa shape index (κ3) is 5.91. The fraction of sp³-hybridized carbons (Fsp3) is 0.480. The first-order chi connectivity index (χ1) is 16.1. The van der Waals surface area contributed by atoms with E-state index in [1.165, 1.54) is 24.6 Å². The zero-order chi connectivity index (χ0) is 22.6. The third-order valence-electron chi connectivity index (χ3n) is 6.54. The number of halogens is 3. The summed E-state index contributed by atoms with van der Waals surface area (Å²) in [6.07, 6.45) is 4.76. The number of nitrogens with zero attached hydrogens (tertiary/aromatic N) is 1. The van der Waals surface area contributed by atoms with Gasteiger partial charge in [-0.3, -0.25) is 0 Å². The fourth-order valence-corrected chi connectivity index (χ4v) is 4.60. The Morgan fingerprint density at radius 3 is 2.56 bits per heavy atom. The van der Waals surface area contributed by atoms with Crippen molar-refractivity contribution in [3.8, 4) is 11.5 Å². The van der Waals surface area contributed by atoms with Crippen molar-refractivity contribution in [2.75, 3.05) is 31.6 Å². The Morgan fingerprint density at radius 1 is 1.03 bits per heavy atom. The Bertz CT molecular complexity index is 1060. The predicted octanol–water partition coefficient (Wildman–Crippen LogP) is 5.57. The summed E-state index contributed by atoms with van der Waals surface area (Å²) in [5, 5.41) is 6.65. The van der Waals surface area contributed by atoms with Crippen LogP contribution in [0.4, 0.5) is 14.8 Å². The van der Waals surface area contributed by atoms with E-state index in [-0.39, 0.29) is 30.2 Å². The zero-order valence-corrected chi connectivity index (χ0v) is 19.7. The molecule has 1 saturated heterocycles. The van der Waals surface area contributed by atoms with Crippen molar-refractivity contribution in [1.29, 1.82) is 0 Å². The highest BCUT2D eigenvalue weighted by Gasteiger charge is 2.24. The molecule has 184 valence electrons. The molecule has 9 heteroatoms. The minimum Gasteiger partial charge on any atom is -0.490 e. The van der Waals surface area contributed by atoms with Gasteiger partial charge in [-0.05, 0) is 81.3 Å². The molecule has 5 rings (SSSR count). The van der Waals surface area contributed by atoms with E-state index in [0.717, 1.165) is 56.6 Å². The van der Waals surface area contributed by atoms with Crippen molar-refractivity contribution in [2.24, 2.45) is 11.8 Å². The normalized spacial score (nSPS) is 22.4. The van der Waals surface area contributed by atoms with E-state index in [0.29, 0.717) is 24.1 Å². The summed E-state index contributed by atoms with van der Waals surface area (Å²) in [4.78, 5) is 4.51. The van der Waals surface area contributed by atoms with E-state index in [1.54, 1.807) is 0 Å². The van der Waals surface area contributed by atoms with Gasteiger partial charge in [-0.15, -0.1) is 12.4 Å². The second-order valence-corrected chi connectivity index (χ2v) is 9.01.